The van der Waals surface area contributed by atoms with E-state index < -0.39 is 0 Å². The molecule has 0 saturated carbocycles. The van der Waals surface area contributed by atoms with Crippen LogP contribution in [-0.2, 0) is 6.54 Å². The minimum atomic E-state index is -0.371. The van der Waals surface area contributed by atoms with Crippen LogP contribution in [0.4, 0.5) is 0 Å². The fourth-order valence-electron chi connectivity index (χ4n) is 3.12. The molecule has 0 atom stereocenters. The summed E-state index contributed by atoms with van der Waals surface area (Å²) >= 11 is 0. The molecule has 2 aromatic carbocycles. The Morgan fingerprint density at radius 1 is 0.966 bits per heavy atom. The van der Waals surface area contributed by atoms with E-state index in [4.69, 9.17) is 9.47 Å². The van der Waals surface area contributed by atoms with Gasteiger partial charge in [-0.2, -0.15) is 10.4 Å². The molecule has 1 heterocycles. The second-order valence-electron chi connectivity index (χ2n) is 6.55. The van der Waals surface area contributed by atoms with Crippen molar-refractivity contribution in [2.75, 3.05) is 14.2 Å². The molecule has 1 aromatic heterocycles. The van der Waals surface area contributed by atoms with Crippen LogP contribution in [0.25, 0.3) is 22.4 Å². The SMILES string of the molecule is CCCCn1nc(-c2ccc(OC)cc2)c(-c2ccc(OC)cc2)c(C#N)c1=O. The predicted molar refractivity (Wildman–Crippen MR) is 112 cm³/mol. The van der Waals surface area contributed by atoms with Gasteiger partial charge in [0.25, 0.3) is 5.56 Å². The van der Waals surface area contributed by atoms with Gasteiger partial charge in [0, 0.05) is 17.7 Å². The third-order valence-electron chi connectivity index (χ3n) is 4.73. The maximum atomic E-state index is 12.9. The Bertz CT molecular complexity index is 1080. The number of nitrogens with zero attached hydrogens (tertiary/aromatic N) is 3. The van der Waals surface area contributed by atoms with E-state index in [-0.39, 0.29) is 11.1 Å². The van der Waals surface area contributed by atoms with Crippen molar-refractivity contribution < 1.29 is 9.47 Å². The first kappa shape index (κ1) is 20.2. The molecule has 0 N–H and O–H groups in total. The summed E-state index contributed by atoms with van der Waals surface area (Å²) in [5.74, 6) is 1.42. The van der Waals surface area contributed by atoms with Crippen LogP contribution in [-0.4, -0.2) is 24.0 Å². The summed E-state index contributed by atoms with van der Waals surface area (Å²) in [4.78, 5) is 12.9. The zero-order chi connectivity index (χ0) is 20.8. The van der Waals surface area contributed by atoms with Gasteiger partial charge in [-0.15, -0.1) is 0 Å². The molecular formula is C23H23N3O3. The Hall–Kier alpha value is -3.59. The molecule has 29 heavy (non-hydrogen) atoms. The molecule has 3 aromatic rings. The van der Waals surface area contributed by atoms with Gasteiger partial charge in [-0.3, -0.25) is 4.79 Å². The second kappa shape index (κ2) is 9.07. The van der Waals surface area contributed by atoms with Crippen molar-refractivity contribution in [3.8, 4) is 40.0 Å². The highest BCUT2D eigenvalue weighted by Crippen LogP contribution is 2.33. The standard InChI is InChI=1S/C23H23N3O3/c1-4-5-14-26-23(27)20(15-24)21(16-6-10-18(28-2)11-7-16)22(25-26)17-8-12-19(29-3)13-9-17/h6-13H,4-5,14H2,1-3H3. The Morgan fingerprint density at radius 3 is 2.00 bits per heavy atom. The second-order valence-corrected chi connectivity index (χ2v) is 6.55. The van der Waals surface area contributed by atoms with Gasteiger partial charge in [-0.25, -0.2) is 4.68 Å². The van der Waals surface area contributed by atoms with Gasteiger partial charge in [0.15, 0.2) is 0 Å². The zero-order valence-corrected chi connectivity index (χ0v) is 16.8. The number of hydrogen-bond donors (Lipinski definition) is 0. The van der Waals surface area contributed by atoms with Crippen LogP contribution in [0.2, 0.25) is 0 Å². The van der Waals surface area contributed by atoms with E-state index in [2.05, 4.69) is 11.2 Å². The van der Waals surface area contributed by atoms with Gasteiger partial charge in [0.1, 0.15) is 28.8 Å². The smallest absolute Gasteiger partial charge is 0.285 e. The first-order valence-corrected chi connectivity index (χ1v) is 9.47. The van der Waals surface area contributed by atoms with Gasteiger partial charge in [-0.05, 0) is 48.4 Å². The fourth-order valence-corrected chi connectivity index (χ4v) is 3.12. The van der Waals surface area contributed by atoms with Crippen LogP contribution in [0.1, 0.15) is 25.3 Å². The molecule has 6 nitrogen and oxygen atoms in total. The van der Waals surface area contributed by atoms with E-state index in [0.717, 1.165) is 29.7 Å². The number of aromatic nitrogens is 2. The number of aryl methyl sites for hydroxylation is 1. The molecule has 0 aliphatic heterocycles. The van der Waals surface area contributed by atoms with Crippen LogP contribution >= 0.6 is 0 Å². The number of nitriles is 1. The van der Waals surface area contributed by atoms with Gasteiger partial charge < -0.3 is 9.47 Å². The summed E-state index contributed by atoms with van der Waals surface area (Å²) in [5.41, 5.74) is 2.37. The van der Waals surface area contributed by atoms with Gasteiger partial charge >= 0.3 is 0 Å². The monoisotopic (exact) mass is 389 g/mol. The summed E-state index contributed by atoms with van der Waals surface area (Å²) in [7, 11) is 3.20. The molecule has 0 aliphatic carbocycles. The summed E-state index contributed by atoms with van der Waals surface area (Å²) in [5, 5.41) is 14.5. The lowest BCUT2D eigenvalue weighted by Gasteiger charge is -2.15. The number of methoxy groups -OCH3 is 2. The number of hydrogen-bond acceptors (Lipinski definition) is 5. The van der Waals surface area contributed by atoms with E-state index in [1.807, 2.05) is 43.3 Å². The van der Waals surface area contributed by atoms with Gasteiger partial charge in [0.05, 0.1) is 14.2 Å². The molecule has 0 unspecified atom stereocenters. The van der Waals surface area contributed by atoms with E-state index >= 15 is 0 Å². The van der Waals surface area contributed by atoms with Crippen molar-refractivity contribution in [2.45, 2.75) is 26.3 Å². The molecule has 0 amide bonds. The highest BCUT2D eigenvalue weighted by atomic mass is 16.5. The normalized spacial score (nSPS) is 10.4. The molecule has 0 bridgehead atoms. The third-order valence-corrected chi connectivity index (χ3v) is 4.73. The van der Waals surface area contributed by atoms with E-state index in [9.17, 15) is 10.1 Å². The molecule has 0 aliphatic rings. The van der Waals surface area contributed by atoms with Crippen molar-refractivity contribution in [3.05, 3.63) is 64.4 Å². The number of benzene rings is 2. The van der Waals surface area contributed by atoms with Crippen molar-refractivity contribution in [1.29, 1.82) is 5.26 Å². The van der Waals surface area contributed by atoms with Crippen LogP contribution in [0.3, 0.4) is 0 Å². The Morgan fingerprint density at radius 2 is 1.52 bits per heavy atom. The maximum absolute atomic E-state index is 12.9. The molecule has 148 valence electrons. The lowest BCUT2D eigenvalue weighted by atomic mass is 9.96. The molecule has 3 rings (SSSR count). The molecule has 0 fully saturated rings. The van der Waals surface area contributed by atoms with E-state index in [1.165, 1.54) is 4.68 Å². The topological polar surface area (TPSA) is 77.1 Å². The van der Waals surface area contributed by atoms with Crippen LogP contribution in [0, 0.1) is 11.3 Å². The summed E-state index contributed by atoms with van der Waals surface area (Å²) in [6, 6.07) is 16.8. The Labute approximate surface area is 169 Å². The van der Waals surface area contributed by atoms with E-state index in [1.54, 1.807) is 26.4 Å². The van der Waals surface area contributed by atoms with Gasteiger partial charge in [-0.1, -0.05) is 25.5 Å². The minimum Gasteiger partial charge on any atom is -0.497 e. The maximum Gasteiger partial charge on any atom is 0.285 e. The number of ether oxygens (including phenoxy) is 2. The average molecular weight is 389 g/mol. The molecule has 6 heteroatoms. The first-order chi connectivity index (χ1) is 14.1. The quantitative estimate of drug-likeness (QED) is 0.603. The summed E-state index contributed by atoms with van der Waals surface area (Å²) in [6.07, 6.45) is 1.73. The van der Waals surface area contributed by atoms with Crippen molar-refractivity contribution in [2.24, 2.45) is 0 Å². The highest BCUT2D eigenvalue weighted by Gasteiger charge is 2.20. The minimum absolute atomic E-state index is 0.0899. The third kappa shape index (κ3) is 4.14. The fraction of sp³-hybridized carbons (Fsp3) is 0.261. The number of rotatable bonds is 7. The van der Waals surface area contributed by atoms with Crippen LogP contribution in [0.15, 0.2) is 53.3 Å². The van der Waals surface area contributed by atoms with Crippen LogP contribution in [0.5, 0.6) is 11.5 Å². The van der Waals surface area contributed by atoms with Crippen molar-refractivity contribution in [1.82, 2.24) is 9.78 Å². The van der Waals surface area contributed by atoms with Gasteiger partial charge in [0.2, 0.25) is 0 Å². The highest BCUT2D eigenvalue weighted by molar-refractivity contribution is 5.84. The van der Waals surface area contributed by atoms with Crippen molar-refractivity contribution in [3.63, 3.8) is 0 Å². The average Bonchev–Trinajstić information content (AvgIpc) is 2.78. The zero-order valence-electron chi connectivity index (χ0n) is 16.8. The lowest BCUT2D eigenvalue weighted by molar-refractivity contribution is 0.414. The Balaban J connectivity index is 2.28. The molecular weight excluding hydrogens is 366 g/mol. The van der Waals surface area contributed by atoms with E-state index in [0.29, 0.717) is 23.6 Å². The van der Waals surface area contributed by atoms with Crippen LogP contribution < -0.4 is 15.0 Å². The molecule has 0 spiro atoms. The summed E-state index contributed by atoms with van der Waals surface area (Å²) in [6.45, 7) is 2.52. The molecule has 0 radical (unpaired) electrons. The predicted octanol–water partition coefficient (Wildman–Crippen LogP) is 4.27. The molecule has 0 saturated heterocycles. The number of unbranched alkanes of at least 4 members (excludes halogenated alkanes) is 1. The first-order valence-electron chi connectivity index (χ1n) is 9.47. The Kier molecular flexibility index (Phi) is 6.30. The van der Waals surface area contributed by atoms with Crippen molar-refractivity contribution >= 4 is 0 Å². The largest absolute Gasteiger partial charge is 0.497 e. The summed E-state index contributed by atoms with van der Waals surface area (Å²) < 4.78 is 11.9. The lowest BCUT2D eigenvalue weighted by Crippen LogP contribution is -2.27.